The van der Waals surface area contributed by atoms with Gasteiger partial charge in [0, 0.05) is 12.3 Å². The Kier molecular flexibility index (Phi) is 2.59. The summed E-state index contributed by atoms with van der Waals surface area (Å²) in [6.45, 7) is 1.89. The molecular weight excluding hydrogens is 236 g/mol. The maximum atomic E-state index is 11.7. The second kappa shape index (κ2) is 3.91. The van der Waals surface area contributed by atoms with Crippen molar-refractivity contribution in [3.8, 4) is 0 Å². The number of aliphatic hydroxyl groups excluding tert-OH is 2. The normalized spacial score (nSPS) is 43.8. The zero-order valence-corrected chi connectivity index (χ0v) is 10.1. The van der Waals surface area contributed by atoms with Gasteiger partial charge in [0.15, 0.2) is 11.9 Å². The van der Waals surface area contributed by atoms with Crippen LogP contribution >= 0.6 is 0 Å². The Morgan fingerprint density at radius 1 is 1.56 bits per heavy atom. The Hall–Kier alpha value is -1.17. The number of allylic oxidation sites excluding steroid dienone is 1. The molecule has 1 spiro atoms. The Bertz CT molecular complexity index is 439. The number of fused-ring (bicyclic) bond motifs is 2. The molecule has 2 heterocycles. The van der Waals surface area contributed by atoms with Crippen LogP contribution in [0.5, 0.6) is 0 Å². The maximum absolute atomic E-state index is 11.7. The highest BCUT2D eigenvalue weighted by Crippen LogP contribution is 2.46. The Morgan fingerprint density at radius 2 is 2.33 bits per heavy atom. The minimum Gasteiger partial charge on any atom is -0.447 e. The van der Waals surface area contributed by atoms with E-state index in [2.05, 4.69) is 0 Å². The van der Waals surface area contributed by atoms with Gasteiger partial charge in [0.1, 0.15) is 0 Å². The summed E-state index contributed by atoms with van der Waals surface area (Å²) >= 11 is 0. The van der Waals surface area contributed by atoms with E-state index in [1.54, 1.807) is 13.0 Å². The smallest absolute Gasteiger partial charge is 0.337 e. The lowest BCUT2D eigenvalue weighted by Crippen LogP contribution is -2.43. The molecule has 18 heavy (non-hydrogen) atoms. The van der Waals surface area contributed by atoms with Crippen molar-refractivity contribution in [2.45, 2.75) is 31.3 Å². The number of aliphatic hydroxyl groups is 2. The van der Waals surface area contributed by atoms with Crippen molar-refractivity contribution < 1.29 is 24.5 Å². The van der Waals surface area contributed by atoms with Gasteiger partial charge in [-0.3, -0.25) is 0 Å². The minimum absolute atomic E-state index is 0.0129. The van der Waals surface area contributed by atoms with E-state index in [1.807, 2.05) is 12.2 Å². The minimum atomic E-state index is -0.834. The SMILES string of the molecule is CC(O)C1=CC2(C=CC3CC(O)OCC32)OC1=O. The number of carbonyl (C=O) groups is 1. The van der Waals surface area contributed by atoms with E-state index in [9.17, 15) is 15.0 Å². The van der Waals surface area contributed by atoms with Crippen LogP contribution in [0.1, 0.15) is 13.3 Å². The molecule has 0 aromatic heterocycles. The molecule has 1 fully saturated rings. The van der Waals surface area contributed by atoms with Gasteiger partial charge < -0.3 is 19.7 Å². The molecule has 3 rings (SSSR count). The molecule has 1 aliphatic carbocycles. The average Bonchev–Trinajstić information content (AvgIpc) is 2.81. The van der Waals surface area contributed by atoms with E-state index in [0.717, 1.165) is 0 Å². The maximum Gasteiger partial charge on any atom is 0.337 e. The van der Waals surface area contributed by atoms with Gasteiger partial charge in [-0.25, -0.2) is 4.79 Å². The first kappa shape index (κ1) is 11.9. The highest BCUT2D eigenvalue weighted by atomic mass is 16.6. The number of carbonyl (C=O) groups excluding carboxylic acids is 1. The lowest BCUT2D eigenvalue weighted by atomic mass is 9.81. The number of hydrogen-bond acceptors (Lipinski definition) is 5. The summed E-state index contributed by atoms with van der Waals surface area (Å²) in [7, 11) is 0. The molecule has 5 unspecified atom stereocenters. The van der Waals surface area contributed by atoms with Crippen molar-refractivity contribution in [2.75, 3.05) is 6.61 Å². The third kappa shape index (κ3) is 1.62. The molecule has 98 valence electrons. The quantitative estimate of drug-likeness (QED) is 0.512. The molecular formula is C13H16O5. The van der Waals surface area contributed by atoms with Crippen LogP contribution in [0.25, 0.3) is 0 Å². The fourth-order valence-corrected chi connectivity index (χ4v) is 2.99. The monoisotopic (exact) mass is 252 g/mol. The molecule has 0 aromatic rings. The van der Waals surface area contributed by atoms with E-state index >= 15 is 0 Å². The summed E-state index contributed by atoms with van der Waals surface area (Å²) in [6, 6.07) is 0. The second-order valence-corrected chi connectivity index (χ2v) is 5.17. The summed E-state index contributed by atoms with van der Waals surface area (Å²) < 4.78 is 10.7. The topological polar surface area (TPSA) is 76.0 Å². The third-order valence-electron chi connectivity index (χ3n) is 3.98. The third-order valence-corrected chi connectivity index (χ3v) is 3.98. The van der Waals surface area contributed by atoms with Crippen LogP contribution in [0.3, 0.4) is 0 Å². The number of ether oxygens (including phenoxy) is 2. The van der Waals surface area contributed by atoms with Crippen molar-refractivity contribution >= 4 is 5.97 Å². The van der Waals surface area contributed by atoms with Gasteiger partial charge in [-0.05, 0) is 25.0 Å². The van der Waals surface area contributed by atoms with Crippen LogP contribution in [-0.2, 0) is 14.3 Å². The van der Waals surface area contributed by atoms with E-state index in [4.69, 9.17) is 9.47 Å². The molecule has 1 saturated heterocycles. The summed E-state index contributed by atoms with van der Waals surface area (Å²) in [5.74, 6) is -0.339. The largest absolute Gasteiger partial charge is 0.447 e. The molecule has 3 aliphatic rings. The highest BCUT2D eigenvalue weighted by molar-refractivity contribution is 5.93. The summed E-state index contributed by atoms with van der Waals surface area (Å²) in [5.41, 5.74) is -0.500. The lowest BCUT2D eigenvalue weighted by Gasteiger charge is -2.36. The van der Waals surface area contributed by atoms with Crippen LogP contribution in [0.15, 0.2) is 23.8 Å². The summed E-state index contributed by atoms with van der Waals surface area (Å²) in [6.07, 6.45) is 4.44. The van der Waals surface area contributed by atoms with Crippen molar-refractivity contribution in [3.05, 3.63) is 23.8 Å². The molecule has 5 nitrogen and oxygen atoms in total. The first-order valence-corrected chi connectivity index (χ1v) is 6.15. The Morgan fingerprint density at radius 3 is 3.00 bits per heavy atom. The predicted octanol–water partition coefficient (Wildman–Crippen LogP) is 0.130. The van der Waals surface area contributed by atoms with Gasteiger partial charge in [0.25, 0.3) is 0 Å². The molecule has 5 heteroatoms. The molecule has 5 atom stereocenters. The van der Waals surface area contributed by atoms with E-state index in [1.165, 1.54) is 0 Å². The van der Waals surface area contributed by atoms with Gasteiger partial charge in [-0.1, -0.05) is 6.08 Å². The van der Waals surface area contributed by atoms with Crippen molar-refractivity contribution in [1.82, 2.24) is 0 Å². The Balaban J connectivity index is 1.90. The van der Waals surface area contributed by atoms with Crippen molar-refractivity contribution in [3.63, 3.8) is 0 Å². The molecule has 0 radical (unpaired) electrons. The Labute approximate surface area is 105 Å². The molecule has 0 saturated carbocycles. The average molecular weight is 252 g/mol. The van der Waals surface area contributed by atoms with Crippen LogP contribution < -0.4 is 0 Å². The van der Waals surface area contributed by atoms with Gasteiger partial charge >= 0.3 is 5.97 Å². The summed E-state index contributed by atoms with van der Waals surface area (Å²) in [4.78, 5) is 11.7. The number of hydrogen-bond donors (Lipinski definition) is 2. The number of esters is 1. The molecule has 0 aromatic carbocycles. The standard InChI is InChI=1S/C13H16O5/c1-7(14)9-5-13(18-12(9)16)3-2-8-4-11(15)17-6-10(8)13/h2-3,5,7-8,10-11,14-15H,4,6H2,1H3. The fraction of sp³-hybridized carbons (Fsp3) is 0.615. The van der Waals surface area contributed by atoms with Gasteiger partial charge in [0.2, 0.25) is 0 Å². The molecule has 0 amide bonds. The lowest BCUT2D eigenvalue weighted by molar-refractivity contribution is -0.177. The van der Waals surface area contributed by atoms with Crippen molar-refractivity contribution in [2.24, 2.45) is 11.8 Å². The van der Waals surface area contributed by atoms with Gasteiger partial charge in [-0.2, -0.15) is 0 Å². The van der Waals surface area contributed by atoms with Crippen LogP contribution in [0, 0.1) is 11.8 Å². The van der Waals surface area contributed by atoms with E-state index < -0.39 is 24.0 Å². The van der Waals surface area contributed by atoms with E-state index in [-0.39, 0.29) is 11.8 Å². The molecule has 2 aliphatic heterocycles. The number of rotatable bonds is 1. The van der Waals surface area contributed by atoms with Gasteiger partial charge in [0.05, 0.1) is 18.3 Å². The van der Waals surface area contributed by atoms with Crippen molar-refractivity contribution in [1.29, 1.82) is 0 Å². The molecule has 2 N–H and O–H groups in total. The molecule has 0 bridgehead atoms. The van der Waals surface area contributed by atoms with Crippen LogP contribution in [0.4, 0.5) is 0 Å². The predicted molar refractivity (Wildman–Crippen MR) is 61.3 cm³/mol. The van der Waals surface area contributed by atoms with E-state index in [0.29, 0.717) is 18.6 Å². The van der Waals surface area contributed by atoms with Crippen LogP contribution in [0.2, 0.25) is 0 Å². The first-order valence-electron chi connectivity index (χ1n) is 6.15. The highest BCUT2D eigenvalue weighted by Gasteiger charge is 2.52. The second-order valence-electron chi connectivity index (χ2n) is 5.17. The zero-order valence-electron chi connectivity index (χ0n) is 10.1. The zero-order chi connectivity index (χ0) is 12.9. The first-order chi connectivity index (χ1) is 8.52. The fourth-order valence-electron chi connectivity index (χ4n) is 2.99. The summed E-state index contributed by atoms with van der Waals surface area (Å²) in [5, 5.41) is 19.0. The van der Waals surface area contributed by atoms with Crippen LogP contribution in [-0.4, -0.2) is 40.8 Å². The van der Waals surface area contributed by atoms with Gasteiger partial charge in [-0.15, -0.1) is 0 Å².